The lowest BCUT2D eigenvalue weighted by atomic mass is 10.0. The molecule has 3 rings (SSSR count). The van der Waals surface area contributed by atoms with Crippen LogP contribution in [0.2, 0.25) is 0 Å². The van der Waals surface area contributed by atoms with E-state index in [1.807, 2.05) is 24.3 Å². The van der Waals surface area contributed by atoms with Crippen molar-refractivity contribution in [1.82, 2.24) is 5.32 Å². The van der Waals surface area contributed by atoms with Crippen LogP contribution in [0, 0.1) is 11.8 Å². The molecule has 2 aliphatic carbocycles. The van der Waals surface area contributed by atoms with E-state index < -0.39 is 0 Å². The quantitative estimate of drug-likeness (QED) is 0.844. The van der Waals surface area contributed by atoms with E-state index in [0.29, 0.717) is 29.7 Å². The predicted molar refractivity (Wildman–Crippen MR) is 82.3 cm³/mol. The number of nitrogens with two attached hydrogens (primary N) is 1. The summed E-state index contributed by atoms with van der Waals surface area (Å²) < 4.78 is 5.81. The fourth-order valence-corrected chi connectivity index (χ4v) is 3.03. The molecular formula is C17H24N2O2. The molecule has 0 bridgehead atoms. The third-order valence-corrected chi connectivity index (χ3v) is 4.58. The summed E-state index contributed by atoms with van der Waals surface area (Å²) in [6.45, 7) is 1.37. The summed E-state index contributed by atoms with van der Waals surface area (Å²) in [5.74, 6) is 1.75. The molecule has 4 nitrogen and oxygen atoms in total. The van der Waals surface area contributed by atoms with E-state index in [0.717, 1.165) is 25.9 Å². The van der Waals surface area contributed by atoms with Crippen LogP contribution in [0.1, 0.15) is 42.5 Å². The predicted octanol–water partition coefficient (Wildman–Crippen LogP) is 2.33. The molecule has 0 aliphatic heterocycles. The Morgan fingerprint density at radius 3 is 2.81 bits per heavy atom. The molecule has 0 spiro atoms. The van der Waals surface area contributed by atoms with E-state index in [9.17, 15) is 4.79 Å². The first-order valence-electron chi connectivity index (χ1n) is 8.00. The first-order valence-corrected chi connectivity index (χ1v) is 8.00. The SMILES string of the molecule is NCC1CCCC1NC(=O)c1ccccc1OCC1CC1. The largest absolute Gasteiger partial charge is 0.492 e. The van der Waals surface area contributed by atoms with Gasteiger partial charge in [0.1, 0.15) is 5.75 Å². The van der Waals surface area contributed by atoms with Gasteiger partial charge < -0.3 is 15.8 Å². The molecule has 0 saturated heterocycles. The lowest BCUT2D eigenvalue weighted by molar-refractivity contribution is 0.0924. The Morgan fingerprint density at radius 2 is 2.05 bits per heavy atom. The Hall–Kier alpha value is -1.55. The zero-order valence-corrected chi connectivity index (χ0v) is 12.4. The Kier molecular flexibility index (Phi) is 4.44. The molecule has 114 valence electrons. The van der Waals surface area contributed by atoms with Gasteiger partial charge in [-0.15, -0.1) is 0 Å². The number of para-hydroxylation sites is 1. The van der Waals surface area contributed by atoms with Crippen molar-refractivity contribution < 1.29 is 9.53 Å². The summed E-state index contributed by atoms with van der Waals surface area (Å²) >= 11 is 0. The summed E-state index contributed by atoms with van der Waals surface area (Å²) in [6, 6.07) is 7.72. The Morgan fingerprint density at radius 1 is 1.24 bits per heavy atom. The summed E-state index contributed by atoms with van der Waals surface area (Å²) in [6.07, 6.45) is 5.77. The van der Waals surface area contributed by atoms with Gasteiger partial charge in [0.2, 0.25) is 0 Å². The minimum absolute atomic E-state index is 0.0354. The standard InChI is InChI=1S/C17H24N2O2/c18-10-13-4-3-6-15(13)19-17(20)14-5-1-2-7-16(14)21-11-12-8-9-12/h1-2,5,7,12-13,15H,3-4,6,8-11,18H2,(H,19,20). The van der Waals surface area contributed by atoms with Gasteiger partial charge >= 0.3 is 0 Å². The highest BCUT2D eigenvalue weighted by atomic mass is 16.5. The minimum Gasteiger partial charge on any atom is -0.492 e. The van der Waals surface area contributed by atoms with Gasteiger partial charge in [0.15, 0.2) is 0 Å². The zero-order valence-electron chi connectivity index (χ0n) is 12.4. The smallest absolute Gasteiger partial charge is 0.255 e. The Bertz CT molecular complexity index is 499. The van der Waals surface area contributed by atoms with E-state index in [1.54, 1.807) is 0 Å². The molecule has 0 heterocycles. The van der Waals surface area contributed by atoms with Crippen molar-refractivity contribution in [3.05, 3.63) is 29.8 Å². The van der Waals surface area contributed by atoms with Crippen molar-refractivity contribution in [3.8, 4) is 5.75 Å². The number of ether oxygens (including phenoxy) is 1. The van der Waals surface area contributed by atoms with E-state index >= 15 is 0 Å². The van der Waals surface area contributed by atoms with Crippen molar-refractivity contribution in [1.29, 1.82) is 0 Å². The van der Waals surface area contributed by atoms with Gasteiger partial charge in [-0.2, -0.15) is 0 Å². The Balaban J connectivity index is 1.65. The highest BCUT2D eigenvalue weighted by Crippen LogP contribution is 2.30. The molecule has 2 fully saturated rings. The van der Waals surface area contributed by atoms with Crippen molar-refractivity contribution in [2.75, 3.05) is 13.2 Å². The number of carbonyl (C=O) groups excluding carboxylic acids is 1. The van der Waals surface area contributed by atoms with Gasteiger partial charge in [0, 0.05) is 6.04 Å². The number of hydrogen-bond acceptors (Lipinski definition) is 3. The summed E-state index contributed by atoms with van der Waals surface area (Å²) in [7, 11) is 0. The van der Waals surface area contributed by atoms with Crippen LogP contribution in [-0.4, -0.2) is 25.1 Å². The molecular weight excluding hydrogens is 264 g/mol. The maximum atomic E-state index is 12.5. The van der Waals surface area contributed by atoms with Crippen LogP contribution >= 0.6 is 0 Å². The number of nitrogens with one attached hydrogen (secondary N) is 1. The van der Waals surface area contributed by atoms with E-state index in [-0.39, 0.29) is 11.9 Å². The second kappa shape index (κ2) is 6.48. The number of amides is 1. The normalized spacial score (nSPS) is 24.8. The average molecular weight is 288 g/mol. The molecule has 0 radical (unpaired) electrons. The van der Waals surface area contributed by atoms with Crippen LogP contribution < -0.4 is 15.8 Å². The van der Waals surface area contributed by atoms with Crippen LogP contribution in [0.5, 0.6) is 5.75 Å². The molecule has 0 aromatic heterocycles. The molecule has 2 saturated carbocycles. The number of rotatable bonds is 6. The first kappa shape index (κ1) is 14.4. The van der Waals surface area contributed by atoms with E-state index in [2.05, 4.69) is 5.32 Å². The average Bonchev–Trinajstić information content (AvgIpc) is 3.24. The molecule has 1 amide bonds. The van der Waals surface area contributed by atoms with Crippen molar-refractivity contribution in [2.45, 2.75) is 38.1 Å². The van der Waals surface area contributed by atoms with Crippen LogP contribution in [0.15, 0.2) is 24.3 Å². The topological polar surface area (TPSA) is 64.3 Å². The number of benzene rings is 1. The molecule has 2 atom stereocenters. The molecule has 2 unspecified atom stereocenters. The first-order chi connectivity index (χ1) is 10.3. The highest BCUT2D eigenvalue weighted by molar-refractivity contribution is 5.97. The van der Waals surface area contributed by atoms with Crippen LogP contribution in [0.25, 0.3) is 0 Å². The van der Waals surface area contributed by atoms with Gasteiger partial charge in [-0.1, -0.05) is 18.6 Å². The lowest BCUT2D eigenvalue weighted by Gasteiger charge is -2.20. The second-order valence-electron chi connectivity index (χ2n) is 6.26. The van der Waals surface area contributed by atoms with Gasteiger partial charge in [0.05, 0.1) is 12.2 Å². The van der Waals surface area contributed by atoms with Gasteiger partial charge in [-0.3, -0.25) is 4.79 Å². The maximum Gasteiger partial charge on any atom is 0.255 e. The van der Waals surface area contributed by atoms with Gasteiger partial charge in [-0.05, 0) is 56.2 Å². The van der Waals surface area contributed by atoms with Crippen LogP contribution in [-0.2, 0) is 0 Å². The highest BCUT2D eigenvalue weighted by Gasteiger charge is 2.28. The Labute approximate surface area is 126 Å². The molecule has 4 heteroatoms. The minimum atomic E-state index is -0.0354. The van der Waals surface area contributed by atoms with Crippen molar-refractivity contribution in [3.63, 3.8) is 0 Å². The molecule has 1 aromatic carbocycles. The molecule has 21 heavy (non-hydrogen) atoms. The maximum absolute atomic E-state index is 12.5. The lowest BCUT2D eigenvalue weighted by Crippen LogP contribution is -2.40. The van der Waals surface area contributed by atoms with E-state index in [1.165, 1.54) is 12.8 Å². The fraction of sp³-hybridized carbons (Fsp3) is 0.588. The monoisotopic (exact) mass is 288 g/mol. The third kappa shape index (κ3) is 3.56. The zero-order chi connectivity index (χ0) is 14.7. The number of carbonyl (C=O) groups is 1. The van der Waals surface area contributed by atoms with Crippen LogP contribution in [0.3, 0.4) is 0 Å². The van der Waals surface area contributed by atoms with Gasteiger partial charge in [0.25, 0.3) is 5.91 Å². The summed E-state index contributed by atoms with van der Waals surface area (Å²) in [5.41, 5.74) is 6.42. The molecule has 1 aromatic rings. The summed E-state index contributed by atoms with van der Waals surface area (Å²) in [5, 5.41) is 3.14. The number of hydrogen-bond donors (Lipinski definition) is 2. The second-order valence-corrected chi connectivity index (χ2v) is 6.26. The summed E-state index contributed by atoms with van der Waals surface area (Å²) in [4.78, 5) is 12.5. The van der Waals surface area contributed by atoms with Gasteiger partial charge in [-0.25, -0.2) is 0 Å². The van der Waals surface area contributed by atoms with E-state index in [4.69, 9.17) is 10.5 Å². The van der Waals surface area contributed by atoms with Crippen LogP contribution in [0.4, 0.5) is 0 Å². The van der Waals surface area contributed by atoms with Crippen molar-refractivity contribution in [2.24, 2.45) is 17.6 Å². The van der Waals surface area contributed by atoms with Crippen molar-refractivity contribution >= 4 is 5.91 Å². The third-order valence-electron chi connectivity index (χ3n) is 4.58. The molecule has 3 N–H and O–H groups in total. The molecule has 2 aliphatic rings. The fourth-order valence-electron chi connectivity index (χ4n) is 3.03.